The van der Waals surface area contributed by atoms with E-state index in [1.54, 1.807) is 0 Å². The van der Waals surface area contributed by atoms with Gasteiger partial charge in [-0.25, -0.2) is 0 Å². The van der Waals surface area contributed by atoms with Crippen LogP contribution in [0.25, 0.3) is 0 Å². The van der Waals surface area contributed by atoms with E-state index in [0.29, 0.717) is 18.1 Å². The summed E-state index contributed by atoms with van der Waals surface area (Å²) in [5, 5.41) is 0. The summed E-state index contributed by atoms with van der Waals surface area (Å²) in [6, 6.07) is 0.292. The standard InChI is InChI=1S/C9H19NO/c1-3-7(4-2)9-8(10)5-6-11-9/h7-9H,3-6,10H2,1-2H3. The minimum absolute atomic E-state index is 0.292. The lowest BCUT2D eigenvalue weighted by atomic mass is 9.92. The fourth-order valence-corrected chi connectivity index (χ4v) is 1.87. The van der Waals surface area contributed by atoms with Crippen LogP contribution in [0.15, 0.2) is 0 Å². The van der Waals surface area contributed by atoms with Gasteiger partial charge in [-0.05, 0) is 12.3 Å². The van der Waals surface area contributed by atoms with Crippen LogP contribution in [0.5, 0.6) is 0 Å². The quantitative estimate of drug-likeness (QED) is 0.674. The molecule has 0 aromatic rings. The molecule has 0 amide bonds. The van der Waals surface area contributed by atoms with Gasteiger partial charge >= 0.3 is 0 Å². The number of hydrogen-bond donors (Lipinski definition) is 1. The van der Waals surface area contributed by atoms with Crippen LogP contribution in [0, 0.1) is 5.92 Å². The molecule has 0 aliphatic carbocycles. The van der Waals surface area contributed by atoms with Crippen molar-refractivity contribution < 1.29 is 4.74 Å². The Morgan fingerprint density at radius 3 is 2.45 bits per heavy atom. The van der Waals surface area contributed by atoms with E-state index in [1.165, 1.54) is 12.8 Å². The Balaban J connectivity index is 2.43. The summed E-state index contributed by atoms with van der Waals surface area (Å²) >= 11 is 0. The third-order valence-corrected chi connectivity index (χ3v) is 2.70. The van der Waals surface area contributed by atoms with E-state index >= 15 is 0 Å². The van der Waals surface area contributed by atoms with E-state index in [-0.39, 0.29) is 0 Å². The first-order chi connectivity index (χ1) is 5.29. The Morgan fingerprint density at radius 2 is 2.09 bits per heavy atom. The lowest BCUT2D eigenvalue weighted by molar-refractivity contribution is 0.0527. The minimum atomic E-state index is 0.292. The van der Waals surface area contributed by atoms with Gasteiger partial charge in [-0.1, -0.05) is 26.7 Å². The molecule has 2 heteroatoms. The van der Waals surface area contributed by atoms with Gasteiger partial charge in [0.05, 0.1) is 6.10 Å². The Hall–Kier alpha value is -0.0800. The van der Waals surface area contributed by atoms with Crippen LogP contribution >= 0.6 is 0 Å². The molecule has 0 aromatic heterocycles. The molecule has 0 saturated carbocycles. The van der Waals surface area contributed by atoms with Crippen LogP contribution in [-0.2, 0) is 4.74 Å². The van der Waals surface area contributed by atoms with Gasteiger partial charge in [0, 0.05) is 12.6 Å². The van der Waals surface area contributed by atoms with Gasteiger partial charge in [0.2, 0.25) is 0 Å². The highest BCUT2D eigenvalue weighted by Gasteiger charge is 2.30. The van der Waals surface area contributed by atoms with Gasteiger partial charge in [-0.15, -0.1) is 0 Å². The molecule has 2 N–H and O–H groups in total. The van der Waals surface area contributed by atoms with Crippen LogP contribution in [-0.4, -0.2) is 18.8 Å². The molecule has 66 valence electrons. The lowest BCUT2D eigenvalue weighted by Gasteiger charge is -2.23. The van der Waals surface area contributed by atoms with E-state index in [0.717, 1.165) is 13.0 Å². The molecule has 11 heavy (non-hydrogen) atoms. The van der Waals surface area contributed by atoms with E-state index in [9.17, 15) is 0 Å². The Bertz CT molecular complexity index is 112. The highest BCUT2D eigenvalue weighted by Crippen LogP contribution is 2.24. The van der Waals surface area contributed by atoms with Crippen molar-refractivity contribution >= 4 is 0 Å². The highest BCUT2D eigenvalue weighted by atomic mass is 16.5. The topological polar surface area (TPSA) is 35.2 Å². The molecular formula is C9H19NO. The first-order valence-electron chi connectivity index (χ1n) is 4.66. The molecule has 2 unspecified atom stereocenters. The average molecular weight is 157 g/mol. The second-order valence-corrected chi connectivity index (χ2v) is 3.36. The van der Waals surface area contributed by atoms with Crippen molar-refractivity contribution in [2.45, 2.75) is 45.3 Å². The smallest absolute Gasteiger partial charge is 0.0754 e. The molecule has 0 spiro atoms. The largest absolute Gasteiger partial charge is 0.376 e. The molecule has 1 rings (SSSR count). The molecule has 0 bridgehead atoms. The zero-order chi connectivity index (χ0) is 8.27. The minimum Gasteiger partial charge on any atom is -0.376 e. The zero-order valence-corrected chi connectivity index (χ0v) is 7.55. The maximum Gasteiger partial charge on any atom is 0.0754 e. The zero-order valence-electron chi connectivity index (χ0n) is 7.55. The average Bonchev–Trinajstić information content (AvgIpc) is 2.40. The molecule has 1 aliphatic heterocycles. The van der Waals surface area contributed by atoms with Crippen LogP contribution in [0.4, 0.5) is 0 Å². The van der Waals surface area contributed by atoms with E-state index in [2.05, 4.69) is 13.8 Å². The molecule has 0 radical (unpaired) electrons. The molecular weight excluding hydrogens is 138 g/mol. The fourth-order valence-electron chi connectivity index (χ4n) is 1.87. The molecule has 1 aliphatic rings. The summed E-state index contributed by atoms with van der Waals surface area (Å²) in [4.78, 5) is 0. The molecule has 2 nitrogen and oxygen atoms in total. The SMILES string of the molecule is CCC(CC)C1OCCC1N. The summed E-state index contributed by atoms with van der Waals surface area (Å²) in [6.07, 6.45) is 3.76. The van der Waals surface area contributed by atoms with Crippen molar-refractivity contribution in [3.63, 3.8) is 0 Å². The first kappa shape index (κ1) is 9.01. The predicted molar refractivity (Wildman–Crippen MR) is 46.4 cm³/mol. The van der Waals surface area contributed by atoms with Gasteiger partial charge in [0.1, 0.15) is 0 Å². The van der Waals surface area contributed by atoms with Gasteiger partial charge in [0.15, 0.2) is 0 Å². The molecule has 1 heterocycles. The molecule has 1 fully saturated rings. The van der Waals surface area contributed by atoms with Crippen LogP contribution in [0.2, 0.25) is 0 Å². The van der Waals surface area contributed by atoms with Crippen molar-refractivity contribution in [2.24, 2.45) is 11.7 Å². The second kappa shape index (κ2) is 4.07. The van der Waals surface area contributed by atoms with Crippen molar-refractivity contribution in [1.29, 1.82) is 0 Å². The van der Waals surface area contributed by atoms with Crippen molar-refractivity contribution in [3.8, 4) is 0 Å². The number of nitrogens with two attached hydrogens (primary N) is 1. The Morgan fingerprint density at radius 1 is 1.45 bits per heavy atom. The van der Waals surface area contributed by atoms with Crippen molar-refractivity contribution in [3.05, 3.63) is 0 Å². The van der Waals surface area contributed by atoms with Crippen LogP contribution in [0.1, 0.15) is 33.1 Å². The van der Waals surface area contributed by atoms with Gasteiger partial charge in [-0.2, -0.15) is 0 Å². The van der Waals surface area contributed by atoms with E-state index < -0.39 is 0 Å². The third-order valence-electron chi connectivity index (χ3n) is 2.70. The number of rotatable bonds is 3. The fraction of sp³-hybridized carbons (Fsp3) is 1.00. The summed E-state index contributed by atoms with van der Waals surface area (Å²) in [5.74, 6) is 0.674. The number of ether oxygens (including phenoxy) is 1. The maximum absolute atomic E-state index is 5.91. The second-order valence-electron chi connectivity index (χ2n) is 3.36. The number of hydrogen-bond acceptors (Lipinski definition) is 2. The molecule has 1 saturated heterocycles. The third kappa shape index (κ3) is 1.94. The van der Waals surface area contributed by atoms with Crippen LogP contribution < -0.4 is 5.73 Å². The van der Waals surface area contributed by atoms with Gasteiger partial charge < -0.3 is 10.5 Å². The molecule has 2 atom stereocenters. The summed E-state index contributed by atoms with van der Waals surface area (Å²) in [5.41, 5.74) is 5.91. The highest BCUT2D eigenvalue weighted by molar-refractivity contribution is 4.83. The van der Waals surface area contributed by atoms with E-state index in [4.69, 9.17) is 10.5 Å². The Kier molecular flexibility index (Phi) is 3.34. The summed E-state index contributed by atoms with van der Waals surface area (Å²) < 4.78 is 5.58. The maximum atomic E-state index is 5.91. The van der Waals surface area contributed by atoms with E-state index in [1.807, 2.05) is 0 Å². The molecule has 0 aromatic carbocycles. The summed E-state index contributed by atoms with van der Waals surface area (Å²) in [7, 11) is 0. The van der Waals surface area contributed by atoms with Crippen molar-refractivity contribution in [2.75, 3.05) is 6.61 Å². The normalized spacial score (nSPS) is 31.6. The van der Waals surface area contributed by atoms with Crippen molar-refractivity contribution in [1.82, 2.24) is 0 Å². The monoisotopic (exact) mass is 157 g/mol. The van der Waals surface area contributed by atoms with Gasteiger partial charge in [-0.3, -0.25) is 0 Å². The lowest BCUT2D eigenvalue weighted by Crippen LogP contribution is -2.35. The predicted octanol–water partition coefficient (Wildman–Crippen LogP) is 1.54. The Labute approximate surface area is 69.1 Å². The summed E-state index contributed by atoms with van der Waals surface area (Å²) in [6.45, 7) is 5.29. The first-order valence-corrected chi connectivity index (χ1v) is 4.66. The van der Waals surface area contributed by atoms with Crippen LogP contribution in [0.3, 0.4) is 0 Å². The van der Waals surface area contributed by atoms with Gasteiger partial charge in [0.25, 0.3) is 0 Å².